The summed E-state index contributed by atoms with van der Waals surface area (Å²) in [5.74, 6) is 0.0728. The van der Waals surface area contributed by atoms with Gasteiger partial charge in [0.25, 0.3) is 11.8 Å². The smallest absolute Gasteiger partial charge is 0.317 e. The van der Waals surface area contributed by atoms with E-state index >= 15 is 0 Å². The lowest BCUT2D eigenvalue weighted by Crippen LogP contribution is -2.57. The molecule has 2 aliphatic heterocycles. The molecule has 0 bridgehead atoms. The molecule has 0 aromatic heterocycles. The van der Waals surface area contributed by atoms with Crippen molar-refractivity contribution in [2.45, 2.75) is 33.6 Å². The van der Waals surface area contributed by atoms with Crippen LogP contribution in [-0.4, -0.2) is 53.8 Å². The van der Waals surface area contributed by atoms with Crippen LogP contribution in [0, 0.1) is 11.3 Å². The zero-order valence-electron chi connectivity index (χ0n) is 13.6. The van der Waals surface area contributed by atoms with E-state index in [0.717, 1.165) is 19.5 Å². The van der Waals surface area contributed by atoms with Crippen LogP contribution in [0.3, 0.4) is 0 Å². The molecule has 2 aliphatic rings. The highest BCUT2D eigenvalue weighted by molar-refractivity contribution is 6.12. The fraction of sp³-hybridized carbons (Fsp3) is 0.688. The number of hydrogen-bond acceptors (Lipinski definition) is 3. The molecule has 6 heteroatoms. The Bertz CT molecular complexity index is 469. The number of amides is 4. The molecule has 6 nitrogen and oxygen atoms in total. The van der Waals surface area contributed by atoms with E-state index in [1.807, 2.05) is 4.90 Å². The Hall–Kier alpha value is -1.85. The van der Waals surface area contributed by atoms with Gasteiger partial charge in [0.05, 0.1) is 0 Å². The van der Waals surface area contributed by atoms with Gasteiger partial charge in [-0.2, -0.15) is 0 Å². The molecule has 0 unspecified atom stereocenters. The lowest BCUT2D eigenvalue weighted by molar-refractivity contribution is -0.136. The number of urea groups is 1. The van der Waals surface area contributed by atoms with E-state index in [0.29, 0.717) is 25.4 Å². The molecule has 1 saturated heterocycles. The van der Waals surface area contributed by atoms with Gasteiger partial charge in [0.2, 0.25) is 0 Å². The van der Waals surface area contributed by atoms with Gasteiger partial charge in [-0.05, 0) is 24.2 Å². The molecule has 122 valence electrons. The fourth-order valence-electron chi connectivity index (χ4n) is 2.55. The maximum atomic E-state index is 11.9. The van der Waals surface area contributed by atoms with Gasteiger partial charge in [0, 0.05) is 38.3 Å². The molecule has 0 aromatic rings. The van der Waals surface area contributed by atoms with Crippen molar-refractivity contribution in [2.24, 2.45) is 11.3 Å². The first-order chi connectivity index (χ1) is 10.3. The van der Waals surface area contributed by atoms with Crippen LogP contribution in [0.2, 0.25) is 0 Å². The monoisotopic (exact) mass is 307 g/mol. The van der Waals surface area contributed by atoms with Crippen LogP contribution in [0.1, 0.15) is 33.6 Å². The lowest BCUT2D eigenvalue weighted by atomic mass is 9.76. The molecule has 0 aliphatic carbocycles. The number of unbranched alkanes of at least 4 members (excludes halogenated alkanes) is 1. The van der Waals surface area contributed by atoms with E-state index in [1.165, 1.54) is 17.1 Å². The first-order valence-electron chi connectivity index (χ1n) is 7.85. The van der Waals surface area contributed by atoms with Crippen LogP contribution in [-0.2, 0) is 9.59 Å². The van der Waals surface area contributed by atoms with Gasteiger partial charge in [0.15, 0.2) is 0 Å². The van der Waals surface area contributed by atoms with Crippen molar-refractivity contribution in [1.82, 2.24) is 15.1 Å². The number of carbonyl (C=O) groups excluding carboxylic acids is 3. The normalized spacial score (nSPS) is 18.9. The summed E-state index contributed by atoms with van der Waals surface area (Å²) in [7, 11) is 0. The number of hydrogen-bond donors (Lipinski definition) is 1. The highest BCUT2D eigenvalue weighted by atomic mass is 16.2. The summed E-state index contributed by atoms with van der Waals surface area (Å²) in [5.41, 5.74) is 0.250. The highest BCUT2D eigenvalue weighted by Crippen LogP contribution is 2.33. The van der Waals surface area contributed by atoms with E-state index in [1.54, 1.807) is 0 Å². The summed E-state index contributed by atoms with van der Waals surface area (Å²) in [4.78, 5) is 37.7. The molecule has 0 aromatic carbocycles. The SMILES string of the molecule is CC(C)(C)C1CN(C(=O)NCCCCN2C(=O)C=CC2=O)C1. The average Bonchev–Trinajstić information content (AvgIpc) is 2.66. The summed E-state index contributed by atoms with van der Waals surface area (Å²) in [6, 6.07) is -0.0181. The Morgan fingerprint density at radius 2 is 1.77 bits per heavy atom. The van der Waals surface area contributed by atoms with Gasteiger partial charge in [-0.3, -0.25) is 14.5 Å². The van der Waals surface area contributed by atoms with E-state index in [9.17, 15) is 14.4 Å². The van der Waals surface area contributed by atoms with E-state index < -0.39 is 0 Å². The van der Waals surface area contributed by atoms with Crippen LogP contribution in [0.25, 0.3) is 0 Å². The molecule has 1 fully saturated rings. The molecule has 4 amide bonds. The van der Waals surface area contributed by atoms with Gasteiger partial charge in [-0.1, -0.05) is 20.8 Å². The van der Waals surface area contributed by atoms with Gasteiger partial charge >= 0.3 is 6.03 Å². The fourth-order valence-corrected chi connectivity index (χ4v) is 2.55. The third-order valence-electron chi connectivity index (χ3n) is 4.38. The Morgan fingerprint density at radius 3 is 2.32 bits per heavy atom. The van der Waals surface area contributed by atoms with E-state index in [-0.39, 0.29) is 23.3 Å². The number of nitrogens with zero attached hydrogens (tertiary/aromatic N) is 2. The van der Waals surface area contributed by atoms with Crippen molar-refractivity contribution in [1.29, 1.82) is 0 Å². The number of carbonyl (C=O) groups is 3. The van der Waals surface area contributed by atoms with Crippen LogP contribution in [0.15, 0.2) is 12.2 Å². The minimum Gasteiger partial charge on any atom is -0.338 e. The molecule has 0 spiro atoms. The summed E-state index contributed by atoms with van der Waals surface area (Å²) >= 11 is 0. The van der Waals surface area contributed by atoms with Crippen molar-refractivity contribution < 1.29 is 14.4 Å². The van der Waals surface area contributed by atoms with Gasteiger partial charge in [-0.15, -0.1) is 0 Å². The van der Waals surface area contributed by atoms with E-state index in [4.69, 9.17) is 0 Å². The first-order valence-corrected chi connectivity index (χ1v) is 7.85. The molecule has 0 atom stereocenters. The second kappa shape index (κ2) is 6.50. The topological polar surface area (TPSA) is 69.7 Å². The van der Waals surface area contributed by atoms with Crippen LogP contribution >= 0.6 is 0 Å². The number of imide groups is 1. The highest BCUT2D eigenvalue weighted by Gasteiger charge is 2.37. The van der Waals surface area contributed by atoms with Crippen molar-refractivity contribution in [3.8, 4) is 0 Å². The second-order valence-corrected chi connectivity index (χ2v) is 7.07. The Labute approximate surface area is 131 Å². The van der Waals surface area contributed by atoms with Gasteiger partial charge < -0.3 is 10.2 Å². The zero-order valence-corrected chi connectivity index (χ0v) is 13.6. The zero-order chi connectivity index (χ0) is 16.3. The minimum atomic E-state index is -0.247. The number of rotatable bonds is 5. The minimum absolute atomic E-state index is 0.0181. The number of likely N-dealkylation sites (tertiary alicyclic amines) is 1. The summed E-state index contributed by atoms with van der Waals surface area (Å²) in [5, 5.41) is 2.89. The predicted octanol–water partition coefficient (Wildman–Crippen LogP) is 1.38. The molecular formula is C16H25N3O3. The van der Waals surface area contributed by atoms with Crippen molar-refractivity contribution in [3.63, 3.8) is 0 Å². The molecule has 1 N–H and O–H groups in total. The van der Waals surface area contributed by atoms with Crippen molar-refractivity contribution >= 4 is 17.8 Å². The quantitative estimate of drug-likeness (QED) is 0.616. The van der Waals surface area contributed by atoms with Crippen molar-refractivity contribution in [3.05, 3.63) is 12.2 Å². The number of nitrogens with one attached hydrogen (secondary N) is 1. The maximum Gasteiger partial charge on any atom is 0.317 e. The molecule has 22 heavy (non-hydrogen) atoms. The van der Waals surface area contributed by atoms with Gasteiger partial charge in [-0.25, -0.2) is 4.79 Å². The van der Waals surface area contributed by atoms with Gasteiger partial charge in [0.1, 0.15) is 0 Å². The summed E-state index contributed by atoms with van der Waals surface area (Å²) in [6.07, 6.45) is 4.03. The Morgan fingerprint density at radius 1 is 1.18 bits per heavy atom. The van der Waals surface area contributed by atoms with Crippen LogP contribution in [0.4, 0.5) is 4.79 Å². The first kappa shape index (κ1) is 16.5. The predicted molar refractivity (Wildman–Crippen MR) is 83.0 cm³/mol. The summed E-state index contributed by atoms with van der Waals surface area (Å²) < 4.78 is 0. The summed E-state index contributed by atoms with van der Waals surface area (Å²) in [6.45, 7) is 9.21. The lowest BCUT2D eigenvalue weighted by Gasteiger charge is -2.46. The third kappa shape index (κ3) is 3.87. The van der Waals surface area contributed by atoms with Crippen LogP contribution in [0.5, 0.6) is 0 Å². The Kier molecular flexibility index (Phi) is 4.88. The van der Waals surface area contributed by atoms with Crippen LogP contribution < -0.4 is 5.32 Å². The second-order valence-electron chi connectivity index (χ2n) is 7.07. The van der Waals surface area contributed by atoms with Crippen molar-refractivity contribution in [2.75, 3.05) is 26.2 Å². The maximum absolute atomic E-state index is 11.9. The van der Waals surface area contributed by atoms with E-state index in [2.05, 4.69) is 26.1 Å². The molecule has 2 heterocycles. The average molecular weight is 307 g/mol. The molecular weight excluding hydrogens is 282 g/mol. The molecule has 0 radical (unpaired) electrons. The molecule has 0 saturated carbocycles. The Balaban J connectivity index is 1.55. The largest absolute Gasteiger partial charge is 0.338 e. The molecule has 2 rings (SSSR count). The third-order valence-corrected chi connectivity index (χ3v) is 4.38. The standard InChI is InChI=1S/C16H25N3O3/c1-16(2,3)12-10-18(11-12)15(22)17-8-4-5-9-19-13(20)6-7-14(19)21/h6-7,12H,4-5,8-11H2,1-3H3,(H,17,22).